The Morgan fingerprint density at radius 1 is 0.774 bits per heavy atom. The Morgan fingerprint density at radius 2 is 1.32 bits per heavy atom. The van der Waals surface area contributed by atoms with Crippen molar-refractivity contribution in [1.29, 1.82) is 0 Å². The van der Waals surface area contributed by atoms with Crippen LogP contribution in [0.5, 0.6) is 17.2 Å². The highest BCUT2D eigenvalue weighted by Gasteiger charge is 2.02. The van der Waals surface area contributed by atoms with E-state index in [4.69, 9.17) is 18.9 Å². The maximum absolute atomic E-state index is 11.8. The van der Waals surface area contributed by atoms with E-state index in [1.54, 1.807) is 13.2 Å². The largest absolute Gasteiger partial charge is 0.497 e. The lowest BCUT2D eigenvalue weighted by Crippen LogP contribution is -2.10. The summed E-state index contributed by atoms with van der Waals surface area (Å²) < 4.78 is 21.4. The van der Waals surface area contributed by atoms with Gasteiger partial charge >= 0.3 is 5.97 Å². The summed E-state index contributed by atoms with van der Waals surface area (Å²) >= 11 is 0. The number of ether oxygens (including phenoxy) is 4. The molecule has 0 aliphatic carbocycles. The Bertz CT molecular complexity index is 980. The average molecular weight is 436 g/mol. The molecule has 5 nitrogen and oxygen atoms in total. The van der Waals surface area contributed by atoms with Gasteiger partial charge in [0.25, 0.3) is 0 Å². The van der Waals surface area contributed by atoms with E-state index in [1.165, 1.54) is 6.08 Å². The first-order valence-corrected chi connectivity index (χ1v) is 10.6. The van der Waals surface area contributed by atoms with Gasteiger partial charge < -0.3 is 18.9 Å². The van der Waals surface area contributed by atoms with Crippen LogP contribution in [0.15, 0.2) is 78.9 Å². The molecule has 0 spiro atoms. The first kappa shape index (κ1) is 22.4. The second-order valence-electron chi connectivity index (χ2n) is 6.48. The van der Waals surface area contributed by atoms with Gasteiger partial charge in [-0.3, -0.25) is 0 Å². The molecule has 3 rings (SSSR count). The molecule has 0 amide bonds. The van der Waals surface area contributed by atoms with Gasteiger partial charge in [0.1, 0.15) is 36.8 Å². The Morgan fingerprint density at radius 3 is 1.87 bits per heavy atom. The lowest BCUT2D eigenvalue weighted by atomic mass is 10.1. The maximum Gasteiger partial charge on any atom is 0.330 e. The molecular formula is C25H25O5P. The third-order valence-corrected chi connectivity index (χ3v) is 4.58. The van der Waals surface area contributed by atoms with E-state index in [2.05, 4.69) is 9.24 Å². The minimum atomic E-state index is -0.413. The van der Waals surface area contributed by atoms with Crippen molar-refractivity contribution in [2.24, 2.45) is 0 Å². The first-order chi connectivity index (χ1) is 15.2. The number of carbonyl (C=O) groups is 1. The summed E-state index contributed by atoms with van der Waals surface area (Å²) in [4.78, 5) is 11.8. The number of carbonyl (C=O) groups excluding carboxylic acids is 1. The van der Waals surface area contributed by atoms with E-state index in [0.717, 1.165) is 33.9 Å². The Balaban J connectivity index is 1.41. The van der Waals surface area contributed by atoms with Crippen LogP contribution in [0.25, 0.3) is 17.2 Å². The van der Waals surface area contributed by atoms with E-state index in [1.807, 2.05) is 72.8 Å². The molecule has 0 bridgehead atoms. The zero-order valence-electron chi connectivity index (χ0n) is 17.3. The molecule has 0 aliphatic heterocycles. The van der Waals surface area contributed by atoms with Crippen molar-refractivity contribution >= 4 is 21.3 Å². The van der Waals surface area contributed by atoms with Crippen molar-refractivity contribution in [2.45, 2.75) is 0 Å². The molecule has 0 fully saturated rings. The van der Waals surface area contributed by atoms with Crippen molar-refractivity contribution in [3.05, 3.63) is 84.4 Å². The van der Waals surface area contributed by atoms with Crippen LogP contribution in [0.2, 0.25) is 0 Å². The Hall–Kier alpha value is -3.30. The van der Waals surface area contributed by atoms with Crippen LogP contribution < -0.4 is 14.2 Å². The predicted octanol–water partition coefficient (Wildman–Crippen LogP) is 5.21. The highest BCUT2D eigenvalue weighted by Crippen LogP contribution is 2.24. The minimum Gasteiger partial charge on any atom is -0.497 e. The third kappa shape index (κ3) is 7.16. The SMILES string of the molecule is COc1ccc(/C=C/C(=O)OCCOc2ccc(-c3ccc(OCP)cc3)cc2)cc1. The summed E-state index contributed by atoms with van der Waals surface area (Å²) in [6.07, 6.45) is 3.66. The third-order valence-electron chi connectivity index (χ3n) is 4.42. The van der Waals surface area contributed by atoms with Gasteiger partial charge in [0, 0.05) is 6.08 Å². The summed E-state index contributed by atoms with van der Waals surface area (Å²) in [7, 11) is 4.14. The summed E-state index contributed by atoms with van der Waals surface area (Å²) in [5.74, 6) is 1.91. The molecule has 0 aromatic heterocycles. The Labute approximate surface area is 184 Å². The van der Waals surface area contributed by atoms with Crippen LogP contribution >= 0.6 is 9.24 Å². The number of esters is 1. The molecule has 0 saturated carbocycles. The number of rotatable bonds is 10. The average Bonchev–Trinajstić information content (AvgIpc) is 2.82. The van der Waals surface area contributed by atoms with Crippen molar-refractivity contribution in [3.8, 4) is 28.4 Å². The molecule has 0 N–H and O–H groups in total. The highest BCUT2D eigenvalue weighted by molar-refractivity contribution is 7.16. The van der Waals surface area contributed by atoms with E-state index in [9.17, 15) is 4.79 Å². The smallest absolute Gasteiger partial charge is 0.330 e. The quantitative estimate of drug-likeness (QED) is 0.189. The van der Waals surface area contributed by atoms with Crippen LogP contribution in [0.3, 0.4) is 0 Å². The molecule has 0 radical (unpaired) electrons. The van der Waals surface area contributed by atoms with Crippen LogP contribution in [0.1, 0.15) is 5.56 Å². The van der Waals surface area contributed by atoms with Gasteiger partial charge in [-0.2, -0.15) is 0 Å². The van der Waals surface area contributed by atoms with Gasteiger partial charge in [-0.25, -0.2) is 4.79 Å². The van der Waals surface area contributed by atoms with E-state index in [-0.39, 0.29) is 13.2 Å². The molecular weight excluding hydrogens is 411 g/mol. The van der Waals surface area contributed by atoms with Gasteiger partial charge in [0.05, 0.1) is 7.11 Å². The zero-order valence-corrected chi connectivity index (χ0v) is 18.5. The summed E-state index contributed by atoms with van der Waals surface area (Å²) in [6, 6.07) is 23.1. The maximum atomic E-state index is 11.8. The first-order valence-electron chi connectivity index (χ1n) is 9.83. The standard InChI is InChI=1S/C25H25O5P/c1-27-22-9-2-19(3-10-22)4-15-25(26)29-17-16-28-23-11-5-20(6-12-23)21-7-13-24(14-8-21)30-18-31/h2-15H,16-18,31H2,1H3/b15-4+. The van der Waals surface area contributed by atoms with Gasteiger partial charge in [0.15, 0.2) is 0 Å². The van der Waals surface area contributed by atoms with Gasteiger partial charge in [-0.15, -0.1) is 0 Å². The lowest BCUT2D eigenvalue weighted by Gasteiger charge is -2.08. The molecule has 3 aromatic rings. The number of hydrogen-bond donors (Lipinski definition) is 0. The van der Waals surface area contributed by atoms with Crippen LogP contribution in [-0.2, 0) is 9.53 Å². The zero-order chi connectivity index (χ0) is 21.9. The highest BCUT2D eigenvalue weighted by atomic mass is 31.0. The molecule has 1 atom stereocenters. The summed E-state index contributed by atoms with van der Waals surface area (Å²) in [6.45, 7) is 0.452. The van der Waals surface area contributed by atoms with Crippen molar-refractivity contribution < 1.29 is 23.7 Å². The van der Waals surface area contributed by atoms with Gasteiger partial charge in [-0.05, 0) is 59.2 Å². The minimum absolute atomic E-state index is 0.171. The molecule has 6 heteroatoms. The van der Waals surface area contributed by atoms with Crippen LogP contribution in [0.4, 0.5) is 0 Å². The lowest BCUT2D eigenvalue weighted by molar-refractivity contribution is -0.138. The molecule has 0 saturated heterocycles. The second-order valence-corrected chi connectivity index (χ2v) is 6.82. The fraction of sp³-hybridized carbons (Fsp3) is 0.160. The van der Waals surface area contributed by atoms with Crippen molar-refractivity contribution in [1.82, 2.24) is 0 Å². The summed E-state index contributed by atoms with van der Waals surface area (Å²) in [5.41, 5.74) is 3.07. The molecule has 160 valence electrons. The Kier molecular flexibility index (Phi) is 8.50. The van der Waals surface area contributed by atoms with Gasteiger partial charge in [-0.1, -0.05) is 45.6 Å². The fourth-order valence-corrected chi connectivity index (χ4v) is 3.01. The molecule has 3 aromatic carbocycles. The number of hydrogen-bond acceptors (Lipinski definition) is 5. The molecule has 0 aliphatic rings. The monoisotopic (exact) mass is 436 g/mol. The van der Waals surface area contributed by atoms with Gasteiger partial charge in [0.2, 0.25) is 0 Å². The van der Waals surface area contributed by atoms with Crippen LogP contribution in [0, 0.1) is 0 Å². The van der Waals surface area contributed by atoms with Crippen molar-refractivity contribution in [3.63, 3.8) is 0 Å². The number of benzene rings is 3. The molecule has 0 heterocycles. The topological polar surface area (TPSA) is 54.0 Å². The van der Waals surface area contributed by atoms with Crippen LogP contribution in [-0.4, -0.2) is 32.6 Å². The van der Waals surface area contributed by atoms with E-state index < -0.39 is 5.97 Å². The summed E-state index contributed by atoms with van der Waals surface area (Å²) in [5, 5.41) is 0. The normalized spacial score (nSPS) is 10.6. The van der Waals surface area contributed by atoms with E-state index >= 15 is 0 Å². The molecule has 31 heavy (non-hydrogen) atoms. The van der Waals surface area contributed by atoms with E-state index in [0.29, 0.717) is 6.35 Å². The predicted molar refractivity (Wildman–Crippen MR) is 126 cm³/mol. The second kappa shape index (κ2) is 11.8. The fourth-order valence-electron chi connectivity index (χ4n) is 2.81. The van der Waals surface area contributed by atoms with Crippen molar-refractivity contribution in [2.75, 3.05) is 26.7 Å². The number of methoxy groups -OCH3 is 1. The molecule has 1 unspecified atom stereocenters.